The van der Waals surface area contributed by atoms with Crippen LogP contribution in [0.2, 0.25) is 0 Å². The fourth-order valence-corrected chi connectivity index (χ4v) is 3.95. The second-order valence-electron chi connectivity index (χ2n) is 6.25. The summed E-state index contributed by atoms with van der Waals surface area (Å²) in [5, 5.41) is 1.31. The molecule has 1 saturated heterocycles. The van der Waals surface area contributed by atoms with Gasteiger partial charge in [-0.15, -0.1) is 0 Å². The van der Waals surface area contributed by atoms with Crippen molar-refractivity contribution < 1.29 is 0 Å². The lowest BCUT2D eigenvalue weighted by atomic mass is 9.93. The van der Waals surface area contributed by atoms with Gasteiger partial charge in [0.05, 0.1) is 0 Å². The van der Waals surface area contributed by atoms with E-state index in [1.807, 2.05) is 0 Å². The van der Waals surface area contributed by atoms with Crippen molar-refractivity contribution in [2.24, 2.45) is 17.6 Å². The van der Waals surface area contributed by atoms with Crippen LogP contribution in [0.25, 0.3) is 10.9 Å². The maximum Gasteiger partial charge on any atom is 0.0456 e. The smallest absolute Gasteiger partial charge is 0.0456 e. The van der Waals surface area contributed by atoms with Crippen LogP contribution in [0.3, 0.4) is 0 Å². The number of nitrogens with one attached hydrogen (secondary N) is 1. The summed E-state index contributed by atoms with van der Waals surface area (Å²) in [5.41, 5.74) is 8.84. The molecular weight excluding hydrogens is 234 g/mol. The number of nitrogens with two attached hydrogens (primary N) is 1. The molecule has 2 aromatic rings. The molecule has 1 unspecified atom stereocenters. The highest BCUT2D eigenvalue weighted by atomic mass is 15.2. The first-order chi connectivity index (χ1) is 9.29. The molecule has 0 spiro atoms. The average molecular weight is 255 g/mol. The van der Waals surface area contributed by atoms with E-state index in [2.05, 4.69) is 40.2 Å². The summed E-state index contributed by atoms with van der Waals surface area (Å²) in [5.74, 6) is 1.45. The highest BCUT2D eigenvalue weighted by molar-refractivity contribution is 5.80. The first kappa shape index (κ1) is 11.5. The van der Waals surface area contributed by atoms with E-state index in [-0.39, 0.29) is 0 Å². The van der Waals surface area contributed by atoms with Crippen molar-refractivity contribution in [1.29, 1.82) is 0 Å². The van der Waals surface area contributed by atoms with Gasteiger partial charge in [0.15, 0.2) is 0 Å². The topological polar surface area (TPSA) is 45.0 Å². The molecule has 2 heterocycles. The normalized spacial score (nSPS) is 31.1. The fourth-order valence-electron chi connectivity index (χ4n) is 3.95. The first-order valence-electron chi connectivity index (χ1n) is 7.34. The Balaban J connectivity index is 1.52. The minimum absolute atomic E-state index is 0.457. The molecule has 3 nitrogen and oxygen atoms in total. The lowest BCUT2D eigenvalue weighted by Crippen LogP contribution is -2.48. The third-order valence-corrected chi connectivity index (χ3v) is 4.96. The van der Waals surface area contributed by atoms with Crippen molar-refractivity contribution in [3.05, 3.63) is 36.0 Å². The molecule has 3 atom stereocenters. The Morgan fingerprint density at radius 3 is 2.63 bits per heavy atom. The van der Waals surface area contributed by atoms with E-state index < -0.39 is 0 Å². The second kappa shape index (κ2) is 4.36. The molecule has 3 heteroatoms. The fraction of sp³-hybridized carbons (Fsp3) is 0.500. The Bertz CT molecular complexity index is 541. The molecule has 1 aromatic heterocycles. The number of fused-ring (bicyclic) bond motifs is 3. The quantitative estimate of drug-likeness (QED) is 0.865. The van der Waals surface area contributed by atoms with Gasteiger partial charge in [-0.05, 0) is 42.2 Å². The zero-order valence-electron chi connectivity index (χ0n) is 11.2. The predicted octanol–water partition coefficient (Wildman–Crippen LogP) is 2.34. The third kappa shape index (κ3) is 1.97. The van der Waals surface area contributed by atoms with Gasteiger partial charge in [0.2, 0.25) is 0 Å². The van der Waals surface area contributed by atoms with E-state index in [4.69, 9.17) is 5.73 Å². The summed E-state index contributed by atoms with van der Waals surface area (Å²) in [4.78, 5) is 6.11. The molecule has 1 aliphatic heterocycles. The van der Waals surface area contributed by atoms with Gasteiger partial charge in [-0.1, -0.05) is 18.2 Å². The van der Waals surface area contributed by atoms with Crippen LogP contribution >= 0.6 is 0 Å². The Labute approximate surface area is 113 Å². The van der Waals surface area contributed by atoms with Crippen molar-refractivity contribution >= 4 is 10.9 Å². The van der Waals surface area contributed by atoms with Crippen LogP contribution in [-0.4, -0.2) is 29.0 Å². The standard InChI is InChI=1S/C16H21N3/c17-16-12-5-6-13(16)9-19(8-12)10-14-7-11-3-1-2-4-15(11)18-14/h1-4,7,12-13,16,18H,5-6,8-10,17H2/t12-,13+,16?. The minimum Gasteiger partial charge on any atom is -0.357 e. The number of hydrogen-bond donors (Lipinski definition) is 2. The molecule has 4 rings (SSSR count). The molecule has 0 radical (unpaired) electrons. The van der Waals surface area contributed by atoms with Gasteiger partial charge < -0.3 is 10.7 Å². The van der Waals surface area contributed by atoms with Crippen LogP contribution in [0.1, 0.15) is 18.5 Å². The summed E-state index contributed by atoms with van der Waals surface area (Å²) >= 11 is 0. The van der Waals surface area contributed by atoms with Crippen molar-refractivity contribution in [1.82, 2.24) is 9.88 Å². The highest BCUT2D eigenvalue weighted by Crippen LogP contribution is 2.36. The molecule has 1 saturated carbocycles. The predicted molar refractivity (Wildman–Crippen MR) is 77.8 cm³/mol. The number of H-pyrrole nitrogens is 1. The Morgan fingerprint density at radius 1 is 1.16 bits per heavy atom. The summed E-state index contributed by atoms with van der Waals surface area (Å²) in [6, 6.07) is 11.2. The molecule has 2 bridgehead atoms. The number of aromatic amines is 1. The van der Waals surface area contributed by atoms with Crippen molar-refractivity contribution in [3.8, 4) is 0 Å². The second-order valence-corrected chi connectivity index (χ2v) is 6.25. The number of para-hydroxylation sites is 1. The van der Waals surface area contributed by atoms with E-state index >= 15 is 0 Å². The number of hydrogen-bond acceptors (Lipinski definition) is 2. The highest BCUT2D eigenvalue weighted by Gasteiger charge is 2.39. The number of rotatable bonds is 2. The molecule has 0 amide bonds. The van der Waals surface area contributed by atoms with Crippen LogP contribution in [-0.2, 0) is 6.54 Å². The van der Waals surface area contributed by atoms with Gasteiger partial charge in [-0.25, -0.2) is 0 Å². The van der Waals surface area contributed by atoms with E-state index in [1.54, 1.807) is 0 Å². The van der Waals surface area contributed by atoms with Crippen molar-refractivity contribution in [2.45, 2.75) is 25.4 Å². The van der Waals surface area contributed by atoms with Gasteiger partial charge in [0.1, 0.15) is 0 Å². The van der Waals surface area contributed by atoms with E-state index in [9.17, 15) is 0 Å². The third-order valence-electron chi connectivity index (χ3n) is 4.96. The van der Waals surface area contributed by atoms with Crippen LogP contribution in [0, 0.1) is 11.8 Å². The first-order valence-corrected chi connectivity index (χ1v) is 7.34. The van der Waals surface area contributed by atoms with E-state index in [1.165, 1.54) is 42.5 Å². The monoisotopic (exact) mass is 255 g/mol. The SMILES string of the molecule is NC1[C@@H]2CC[C@H]1CN(Cc1cc3ccccc3[nH]1)C2. The molecule has 1 aromatic carbocycles. The maximum atomic E-state index is 6.27. The maximum absolute atomic E-state index is 6.27. The Hall–Kier alpha value is -1.32. The van der Waals surface area contributed by atoms with Gasteiger partial charge >= 0.3 is 0 Å². The average Bonchev–Trinajstić information content (AvgIpc) is 2.87. The number of aromatic nitrogens is 1. The van der Waals surface area contributed by atoms with Crippen molar-refractivity contribution in [3.63, 3.8) is 0 Å². The molecular formula is C16H21N3. The van der Waals surface area contributed by atoms with Gasteiger partial charge in [-0.2, -0.15) is 0 Å². The largest absolute Gasteiger partial charge is 0.357 e. The summed E-state index contributed by atoms with van der Waals surface area (Å²) in [6.07, 6.45) is 2.66. The summed E-state index contributed by atoms with van der Waals surface area (Å²) in [7, 11) is 0. The molecule has 1 aliphatic carbocycles. The number of piperidine rings is 1. The van der Waals surface area contributed by atoms with Crippen LogP contribution in [0.4, 0.5) is 0 Å². The number of nitrogens with zero attached hydrogens (tertiary/aromatic N) is 1. The lowest BCUT2D eigenvalue weighted by Gasteiger charge is -2.35. The van der Waals surface area contributed by atoms with Gasteiger partial charge in [-0.3, -0.25) is 4.90 Å². The molecule has 19 heavy (non-hydrogen) atoms. The van der Waals surface area contributed by atoms with Crippen LogP contribution < -0.4 is 5.73 Å². The molecule has 2 aliphatic rings. The van der Waals surface area contributed by atoms with E-state index in [0.29, 0.717) is 6.04 Å². The zero-order chi connectivity index (χ0) is 12.8. The number of benzene rings is 1. The summed E-state index contributed by atoms with van der Waals surface area (Å²) < 4.78 is 0. The van der Waals surface area contributed by atoms with Crippen LogP contribution in [0.5, 0.6) is 0 Å². The zero-order valence-corrected chi connectivity index (χ0v) is 11.2. The summed E-state index contributed by atoms with van der Waals surface area (Å²) in [6.45, 7) is 3.38. The van der Waals surface area contributed by atoms with Gasteiger partial charge in [0, 0.05) is 36.9 Å². The molecule has 100 valence electrons. The molecule has 2 fully saturated rings. The van der Waals surface area contributed by atoms with Crippen LogP contribution in [0.15, 0.2) is 30.3 Å². The minimum atomic E-state index is 0.457. The number of likely N-dealkylation sites (tertiary alicyclic amines) is 1. The van der Waals surface area contributed by atoms with Crippen molar-refractivity contribution in [2.75, 3.05) is 13.1 Å². The van der Waals surface area contributed by atoms with Gasteiger partial charge in [0.25, 0.3) is 0 Å². The Morgan fingerprint density at radius 2 is 1.89 bits per heavy atom. The Kier molecular flexibility index (Phi) is 2.64. The van der Waals surface area contributed by atoms with E-state index in [0.717, 1.165) is 18.4 Å². The molecule has 3 N–H and O–H groups in total. The lowest BCUT2D eigenvalue weighted by molar-refractivity contribution is 0.139.